The van der Waals surface area contributed by atoms with Gasteiger partial charge in [0.1, 0.15) is 11.3 Å². The number of pyridine rings is 1. The lowest BCUT2D eigenvalue weighted by Crippen LogP contribution is -2.30. The van der Waals surface area contributed by atoms with Crippen molar-refractivity contribution in [1.82, 2.24) is 10.3 Å². The zero-order valence-electron chi connectivity index (χ0n) is 11.2. The summed E-state index contributed by atoms with van der Waals surface area (Å²) < 4.78 is 5.97. The zero-order valence-corrected chi connectivity index (χ0v) is 12.9. The van der Waals surface area contributed by atoms with E-state index in [1.165, 1.54) is 12.8 Å². The molecule has 1 aromatic carbocycles. The Labute approximate surface area is 131 Å². The number of halogens is 2. The Morgan fingerprint density at radius 3 is 2.65 bits per heavy atom. The molecule has 20 heavy (non-hydrogen) atoms. The molecule has 1 saturated heterocycles. The Hall–Kier alpha value is -1.03. The molecule has 0 saturated carbocycles. The number of benzene rings is 1. The number of ether oxygens (including phenoxy) is 1. The van der Waals surface area contributed by atoms with Crippen molar-refractivity contribution in [2.24, 2.45) is 5.92 Å². The van der Waals surface area contributed by atoms with Gasteiger partial charge in [-0.25, -0.2) is 0 Å². The number of nitrogens with zero attached hydrogens (tertiary/aromatic N) is 1. The number of hydrogen-bond acceptors (Lipinski definition) is 3. The minimum absolute atomic E-state index is 0. The highest BCUT2D eigenvalue weighted by atomic mass is 35.5. The van der Waals surface area contributed by atoms with Gasteiger partial charge in [-0.15, -0.1) is 24.8 Å². The first-order chi connectivity index (χ1) is 8.93. The van der Waals surface area contributed by atoms with Crippen LogP contribution < -0.4 is 10.1 Å². The lowest BCUT2D eigenvalue weighted by Gasteiger charge is -2.22. The van der Waals surface area contributed by atoms with Crippen molar-refractivity contribution >= 4 is 35.7 Å². The molecule has 110 valence electrons. The minimum Gasteiger partial charge on any atom is -0.491 e. The fraction of sp³-hybridized carbons (Fsp3) is 0.400. The van der Waals surface area contributed by atoms with Crippen LogP contribution in [-0.4, -0.2) is 24.7 Å². The van der Waals surface area contributed by atoms with Crippen LogP contribution in [0.4, 0.5) is 0 Å². The molecule has 3 rings (SSSR count). The third kappa shape index (κ3) is 3.98. The molecule has 1 aliphatic heterocycles. The van der Waals surface area contributed by atoms with Gasteiger partial charge in [0, 0.05) is 11.6 Å². The van der Waals surface area contributed by atoms with E-state index in [9.17, 15) is 0 Å². The highest BCUT2D eigenvalue weighted by molar-refractivity contribution is 5.85. The molecule has 0 bridgehead atoms. The van der Waals surface area contributed by atoms with E-state index < -0.39 is 0 Å². The summed E-state index contributed by atoms with van der Waals surface area (Å²) in [6, 6.07) is 10.1. The number of para-hydroxylation sites is 1. The normalized spacial score (nSPS) is 15.2. The maximum absolute atomic E-state index is 5.97. The Bertz CT molecular complexity index is 525. The predicted molar refractivity (Wildman–Crippen MR) is 87.3 cm³/mol. The molecule has 0 radical (unpaired) electrons. The van der Waals surface area contributed by atoms with Gasteiger partial charge in [0.25, 0.3) is 0 Å². The number of hydrogen-bond donors (Lipinski definition) is 1. The number of fused-ring (bicyclic) bond motifs is 1. The van der Waals surface area contributed by atoms with Gasteiger partial charge in [-0.2, -0.15) is 0 Å². The second kappa shape index (κ2) is 8.30. The Morgan fingerprint density at radius 1 is 1.10 bits per heavy atom. The Balaban J connectivity index is 0.000001000. The van der Waals surface area contributed by atoms with Crippen molar-refractivity contribution in [2.45, 2.75) is 12.8 Å². The van der Waals surface area contributed by atoms with Gasteiger partial charge in [0.15, 0.2) is 0 Å². The van der Waals surface area contributed by atoms with Crippen LogP contribution in [0.25, 0.3) is 10.9 Å². The molecule has 0 atom stereocenters. The maximum atomic E-state index is 5.97. The first kappa shape index (κ1) is 17.0. The van der Waals surface area contributed by atoms with E-state index in [4.69, 9.17) is 4.74 Å². The molecule has 1 fully saturated rings. The van der Waals surface area contributed by atoms with Crippen molar-refractivity contribution in [3.63, 3.8) is 0 Å². The molecule has 1 aromatic heterocycles. The molecule has 3 nitrogen and oxygen atoms in total. The molecule has 0 aliphatic carbocycles. The number of aromatic nitrogens is 1. The van der Waals surface area contributed by atoms with Crippen LogP contribution >= 0.6 is 24.8 Å². The molecule has 0 unspecified atom stereocenters. The van der Waals surface area contributed by atoms with E-state index in [1.54, 1.807) is 0 Å². The van der Waals surface area contributed by atoms with Crippen LogP contribution in [0.1, 0.15) is 12.8 Å². The van der Waals surface area contributed by atoms with Gasteiger partial charge >= 0.3 is 0 Å². The van der Waals surface area contributed by atoms with Gasteiger partial charge < -0.3 is 10.1 Å². The molecule has 5 heteroatoms. The molecule has 1 N–H and O–H groups in total. The maximum Gasteiger partial charge on any atom is 0.145 e. The summed E-state index contributed by atoms with van der Waals surface area (Å²) in [7, 11) is 0. The van der Waals surface area contributed by atoms with Crippen LogP contribution in [-0.2, 0) is 0 Å². The highest BCUT2D eigenvalue weighted by Gasteiger charge is 2.14. The molecule has 0 spiro atoms. The monoisotopic (exact) mass is 314 g/mol. The average Bonchev–Trinajstić information content (AvgIpc) is 2.46. The Morgan fingerprint density at radius 2 is 1.85 bits per heavy atom. The lowest BCUT2D eigenvalue weighted by atomic mass is 9.99. The largest absolute Gasteiger partial charge is 0.491 e. The fourth-order valence-electron chi connectivity index (χ4n) is 2.45. The van der Waals surface area contributed by atoms with Crippen molar-refractivity contribution in [1.29, 1.82) is 0 Å². The first-order valence-electron chi connectivity index (χ1n) is 6.61. The van der Waals surface area contributed by atoms with Gasteiger partial charge in [-0.3, -0.25) is 4.98 Å². The number of nitrogens with one attached hydrogen (secondary N) is 1. The molecule has 2 heterocycles. The highest BCUT2D eigenvalue weighted by Crippen LogP contribution is 2.24. The third-order valence-electron chi connectivity index (χ3n) is 3.53. The average molecular weight is 315 g/mol. The summed E-state index contributed by atoms with van der Waals surface area (Å²) in [5.41, 5.74) is 0.967. The van der Waals surface area contributed by atoms with Crippen LogP contribution in [0.3, 0.4) is 0 Å². The molecule has 0 amide bonds. The van der Waals surface area contributed by atoms with Crippen LogP contribution in [0.5, 0.6) is 5.75 Å². The summed E-state index contributed by atoms with van der Waals surface area (Å²) >= 11 is 0. The van der Waals surface area contributed by atoms with Crippen LogP contribution in [0, 0.1) is 5.92 Å². The van der Waals surface area contributed by atoms with Gasteiger partial charge in [0.05, 0.1) is 6.61 Å². The number of rotatable bonds is 3. The molecular weight excluding hydrogens is 295 g/mol. The lowest BCUT2D eigenvalue weighted by molar-refractivity contribution is 0.217. The van der Waals surface area contributed by atoms with Crippen LogP contribution in [0.15, 0.2) is 36.5 Å². The van der Waals surface area contributed by atoms with Gasteiger partial charge in [-0.05, 0) is 44.0 Å². The second-order valence-corrected chi connectivity index (χ2v) is 4.84. The quantitative estimate of drug-likeness (QED) is 0.942. The van der Waals surface area contributed by atoms with E-state index in [-0.39, 0.29) is 24.8 Å². The van der Waals surface area contributed by atoms with Gasteiger partial charge in [-0.1, -0.05) is 18.2 Å². The standard InChI is InChI=1S/C15H18N2O.2ClH/c1-3-13-4-2-8-17-15(13)14(5-1)18-11-12-6-9-16-10-7-12;;/h1-5,8,12,16H,6-7,9-11H2;2*1H. The molecule has 2 aromatic rings. The first-order valence-corrected chi connectivity index (χ1v) is 6.61. The Kier molecular flexibility index (Phi) is 7.06. The second-order valence-electron chi connectivity index (χ2n) is 4.84. The molecular formula is C15H20Cl2N2O. The van der Waals surface area contributed by atoms with Crippen molar-refractivity contribution < 1.29 is 4.74 Å². The van der Waals surface area contributed by atoms with E-state index in [2.05, 4.69) is 22.4 Å². The predicted octanol–water partition coefficient (Wildman–Crippen LogP) is 3.46. The van der Waals surface area contributed by atoms with Crippen LogP contribution in [0.2, 0.25) is 0 Å². The topological polar surface area (TPSA) is 34.1 Å². The molecule has 1 aliphatic rings. The number of piperidine rings is 1. The van der Waals surface area contributed by atoms with E-state index in [0.29, 0.717) is 5.92 Å². The van der Waals surface area contributed by atoms with Crippen molar-refractivity contribution in [2.75, 3.05) is 19.7 Å². The van der Waals surface area contributed by atoms with E-state index in [0.717, 1.165) is 36.3 Å². The summed E-state index contributed by atoms with van der Waals surface area (Å²) in [5.74, 6) is 1.58. The summed E-state index contributed by atoms with van der Waals surface area (Å²) in [6.07, 6.45) is 4.23. The SMILES string of the molecule is Cl.Cl.c1cnc2c(OCC3CCNCC3)cccc2c1. The fourth-order valence-corrected chi connectivity index (χ4v) is 2.45. The summed E-state index contributed by atoms with van der Waals surface area (Å²) in [4.78, 5) is 4.41. The third-order valence-corrected chi connectivity index (χ3v) is 3.53. The van der Waals surface area contributed by atoms with Crippen molar-refractivity contribution in [3.05, 3.63) is 36.5 Å². The zero-order chi connectivity index (χ0) is 12.2. The van der Waals surface area contributed by atoms with Gasteiger partial charge in [0.2, 0.25) is 0 Å². The minimum atomic E-state index is 0. The van der Waals surface area contributed by atoms with Crippen molar-refractivity contribution in [3.8, 4) is 5.75 Å². The smallest absolute Gasteiger partial charge is 0.145 e. The van der Waals surface area contributed by atoms with E-state index in [1.807, 2.05) is 24.4 Å². The summed E-state index contributed by atoms with van der Waals surface area (Å²) in [6.45, 7) is 3.03. The summed E-state index contributed by atoms with van der Waals surface area (Å²) in [5, 5.41) is 4.51. The van der Waals surface area contributed by atoms with E-state index >= 15 is 0 Å².